The van der Waals surface area contributed by atoms with Gasteiger partial charge in [-0.25, -0.2) is 0 Å². The number of rotatable bonds is 4. The normalized spacial score (nSPS) is 32.9. The maximum Gasteiger partial charge on any atom is 0.224 e. The van der Waals surface area contributed by atoms with Crippen LogP contribution in [0.25, 0.3) is 0 Å². The number of fused-ring (bicyclic) bond motifs is 1. The number of hydrogen-bond acceptors (Lipinski definition) is 4. The van der Waals surface area contributed by atoms with Crippen LogP contribution in [0.5, 0.6) is 0 Å². The smallest absolute Gasteiger partial charge is 0.224 e. The second kappa shape index (κ2) is 5.46. The van der Waals surface area contributed by atoms with E-state index in [0.717, 1.165) is 45.4 Å². The first-order valence-corrected chi connectivity index (χ1v) is 7.96. The molecule has 4 rings (SSSR count). The minimum absolute atomic E-state index is 0.0526. The quantitative estimate of drug-likeness (QED) is 0.914. The molecule has 0 spiro atoms. The summed E-state index contributed by atoms with van der Waals surface area (Å²) in [6, 6.07) is 2.88. The molecule has 1 N–H and O–H groups in total. The van der Waals surface area contributed by atoms with E-state index in [4.69, 9.17) is 9.15 Å². The molecule has 1 saturated carbocycles. The minimum atomic E-state index is 0.0526. The number of nitrogens with zero attached hydrogens (tertiary/aromatic N) is 1. The van der Waals surface area contributed by atoms with Gasteiger partial charge in [0.1, 0.15) is 0 Å². The lowest BCUT2D eigenvalue weighted by Crippen LogP contribution is -2.52. The van der Waals surface area contributed by atoms with Gasteiger partial charge in [-0.05, 0) is 31.7 Å². The molecule has 5 nitrogen and oxygen atoms in total. The number of furan rings is 1. The van der Waals surface area contributed by atoms with Gasteiger partial charge in [0, 0.05) is 37.3 Å². The highest BCUT2D eigenvalue weighted by atomic mass is 16.5. The molecule has 0 aromatic carbocycles. The van der Waals surface area contributed by atoms with Gasteiger partial charge in [-0.15, -0.1) is 0 Å². The van der Waals surface area contributed by atoms with Crippen molar-refractivity contribution in [3.63, 3.8) is 0 Å². The van der Waals surface area contributed by atoms with Gasteiger partial charge in [0.2, 0.25) is 5.91 Å². The number of ether oxygens (including phenoxy) is 1. The second-order valence-corrected chi connectivity index (χ2v) is 6.54. The molecular formula is C16H22N2O3. The SMILES string of the molecule is O=C(NC1CC1)[C@@H]1C[C@H]2OCC[C@H]2N(Cc2ccoc2)C1. The Balaban J connectivity index is 1.46. The summed E-state index contributed by atoms with van der Waals surface area (Å²) >= 11 is 0. The fraction of sp³-hybridized carbons (Fsp3) is 0.688. The van der Waals surface area contributed by atoms with E-state index in [1.54, 1.807) is 12.5 Å². The average Bonchev–Trinajstić information content (AvgIpc) is 2.97. The fourth-order valence-electron chi connectivity index (χ4n) is 3.59. The van der Waals surface area contributed by atoms with Gasteiger partial charge in [0.25, 0.3) is 0 Å². The number of likely N-dealkylation sites (tertiary alicyclic amines) is 1. The zero-order valence-electron chi connectivity index (χ0n) is 12.2. The highest BCUT2D eigenvalue weighted by molar-refractivity contribution is 5.79. The largest absolute Gasteiger partial charge is 0.472 e. The summed E-state index contributed by atoms with van der Waals surface area (Å²) in [6.07, 6.45) is 7.92. The molecule has 3 fully saturated rings. The summed E-state index contributed by atoms with van der Waals surface area (Å²) in [5, 5.41) is 3.14. The topological polar surface area (TPSA) is 54.7 Å². The van der Waals surface area contributed by atoms with E-state index in [-0.39, 0.29) is 17.9 Å². The number of carbonyl (C=O) groups excluding carboxylic acids is 1. The minimum Gasteiger partial charge on any atom is -0.472 e. The number of piperidine rings is 1. The van der Waals surface area contributed by atoms with Gasteiger partial charge >= 0.3 is 0 Å². The van der Waals surface area contributed by atoms with Crippen LogP contribution in [-0.4, -0.2) is 42.1 Å². The second-order valence-electron chi connectivity index (χ2n) is 6.54. The Kier molecular flexibility index (Phi) is 3.47. The zero-order chi connectivity index (χ0) is 14.2. The first kappa shape index (κ1) is 13.3. The van der Waals surface area contributed by atoms with E-state index in [1.165, 1.54) is 5.56 Å². The fourth-order valence-corrected chi connectivity index (χ4v) is 3.59. The number of carbonyl (C=O) groups is 1. The molecule has 1 aromatic heterocycles. The van der Waals surface area contributed by atoms with Crippen LogP contribution in [-0.2, 0) is 16.1 Å². The van der Waals surface area contributed by atoms with Crippen LogP contribution in [0.15, 0.2) is 23.0 Å². The summed E-state index contributed by atoms with van der Waals surface area (Å²) in [4.78, 5) is 14.8. The molecule has 3 atom stereocenters. The number of amides is 1. The van der Waals surface area contributed by atoms with Crippen molar-refractivity contribution >= 4 is 5.91 Å². The molecule has 3 aliphatic rings. The summed E-state index contributed by atoms with van der Waals surface area (Å²) in [5.74, 6) is 0.264. The van der Waals surface area contributed by atoms with Crippen LogP contribution in [0.4, 0.5) is 0 Å². The third kappa shape index (κ3) is 2.85. The summed E-state index contributed by atoms with van der Waals surface area (Å²) in [5.41, 5.74) is 1.17. The van der Waals surface area contributed by atoms with Crippen LogP contribution in [0.3, 0.4) is 0 Å². The average molecular weight is 290 g/mol. The molecule has 0 radical (unpaired) electrons. The van der Waals surface area contributed by atoms with E-state index in [2.05, 4.69) is 10.2 Å². The summed E-state index contributed by atoms with van der Waals surface area (Å²) in [6.45, 7) is 2.48. The standard InChI is InChI=1S/C16H22N2O3/c19-16(17-13-1-2-13)12-7-15-14(4-6-21-15)18(9-12)8-11-3-5-20-10-11/h3,5,10,12-15H,1-2,4,6-9H2,(H,17,19)/t12-,14-,15-/m1/s1. The van der Waals surface area contributed by atoms with Gasteiger partial charge in [-0.2, -0.15) is 0 Å². The Labute approximate surface area is 124 Å². The van der Waals surface area contributed by atoms with Crippen molar-refractivity contribution in [2.45, 2.75) is 50.4 Å². The highest BCUT2D eigenvalue weighted by Crippen LogP contribution is 2.33. The van der Waals surface area contributed by atoms with Crippen molar-refractivity contribution in [3.05, 3.63) is 24.2 Å². The van der Waals surface area contributed by atoms with Gasteiger partial charge in [0.05, 0.1) is 24.5 Å². The Morgan fingerprint density at radius 1 is 1.38 bits per heavy atom. The maximum atomic E-state index is 12.4. The molecule has 1 aliphatic carbocycles. The molecular weight excluding hydrogens is 268 g/mol. The predicted molar refractivity (Wildman–Crippen MR) is 76.5 cm³/mol. The Bertz CT molecular complexity index is 498. The first-order valence-electron chi connectivity index (χ1n) is 7.96. The van der Waals surface area contributed by atoms with Crippen LogP contribution in [0.2, 0.25) is 0 Å². The molecule has 5 heteroatoms. The Hall–Kier alpha value is -1.33. The van der Waals surface area contributed by atoms with Crippen molar-refractivity contribution in [2.75, 3.05) is 13.2 Å². The van der Waals surface area contributed by atoms with Gasteiger partial charge in [-0.3, -0.25) is 9.69 Å². The third-order valence-electron chi connectivity index (χ3n) is 4.88. The molecule has 114 valence electrons. The van der Waals surface area contributed by atoms with Crippen molar-refractivity contribution in [1.29, 1.82) is 0 Å². The van der Waals surface area contributed by atoms with Crippen LogP contribution in [0, 0.1) is 5.92 Å². The van der Waals surface area contributed by atoms with Crippen LogP contribution < -0.4 is 5.32 Å². The molecule has 2 saturated heterocycles. The predicted octanol–water partition coefficient (Wildman–Crippen LogP) is 1.54. The summed E-state index contributed by atoms with van der Waals surface area (Å²) < 4.78 is 11.0. The van der Waals surface area contributed by atoms with Gasteiger partial charge < -0.3 is 14.5 Å². The Morgan fingerprint density at radius 2 is 2.29 bits per heavy atom. The van der Waals surface area contributed by atoms with Crippen LogP contribution >= 0.6 is 0 Å². The number of hydrogen-bond donors (Lipinski definition) is 1. The molecule has 1 amide bonds. The van der Waals surface area contributed by atoms with Crippen molar-refractivity contribution in [1.82, 2.24) is 10.2 Å². The van der Waals surface area contributed by atoms with E-state index in [1.807, 2.05) is 6.07 Å². The van der Waals surface area contributed by atoms with Crippen molar-refractivity contribution < 1.29 is 13.9 Å². The van der Waals surface area contributed by atoms with Crippen molar-refractivity contribution in [3.8, 4) is 0 Å². The molecule has 0 bridgehead atoms. The highest BCUT2D eigenvalue weighted by Gasteiger charge is 2.42. The lowest BCUT2D eigenvalue weighted by atomic mass is 9.89. The molecule has 1 aromatic rings. The van der Waals surface area contributed by atoms with Crippen molar-refractivity contribution in [2.24, 2.45) is 5.92 Å². The third-order valence-corrected chi connectivity index (χ3v) is 4.88. The van der Waals surface area contributed by atoms with E-state index in [0.29, 0.717) is 12.1 Å². The van der Waals surface area contributed by atoms with Crippen LogP contribution in [0.1, 0.15) is 31.2 Å². The van der Waals surface area contributed by atoms with Gasteiger partial charge in [-0.1, -0.05) is 0 Å². The molecule has 21 heavy (non-hydrogen) atoms. The van der Waals surface area contributed by atoms with Gasteiger partial charge in [0.15, 0.2) is 0 Å². The van der Waals surface area contributed by atoms with E-state index in [9.17, 15) is 4.79 Å². The maximum absolute atomic E-state index is 12.4. The molecule has 0 unspecified atom stereocenters. The summed E-state index contributed by atoms with van der Waals surface area (Å²) in [7, 11) is 0. The number of nitrogens with one attached hydrogen (secondary N) is 1. The Morgan fingerprint density at radius 3 is 3.05 bits per heavy atom. The molecule has 3 heterocycles. The van der Waals surface area contributed by atoms with E-state index >= 15 is 0 Å². The molecule has 2 aliphatic heterocycles. The monoisotopic (exact) mass is 290 g/mol. The lowest BCUT2D eigenvalue weighted by Gasteiger charge is -2.40. The lowest BCUT2D eigenvalue weighted by molar-refractivity contribution is -0.129. The zero-order valence-corrected chi connectivity index (χ0v) is 12.2. The van der Waals surface area contributed by atoms with E-state index < -0.39 is 0 Å². The first-order chi connectivity index (χ1) is 10.3.